The first-order valence-electron chi connectivity index (χ1n) is 9.12. The molecule has 0 aliphatic carbocycles. The van der Waals surface area contributed by atoms with Gasteiger partial charge < -0.3 is 14.8 Å². The van der Waals surface area contributed by atoms with Crippen LogP contribution in [0.5, 0.6) is 0 Å². The molecule has 3 aromatic rings. The van der Waals surface area contributed by atoms with Crippen LogP contribution >= 0.6 is 0 Å². The molecule has 25 heavy (non-hydrogen) atoms. The van der Waals surface area contributed by atoms with Crippen LogP contribution in [0.25, 0.3) is 11.0 Å². The molecule has 0 saturated carbocycles. The molecule has 0 unspecified atom stereocenters. The first-order valence-corrected chi connectivity index (χ1v) is 9.12. The van der Waals surface area contributed by atoms with Gasteiger partial charge in [-0.2, -0.15) is 0 Å². The lowest BCUT2D eigenvalue weighted by atomic mass is 10.1. The highest BCUT2D eigenvalue weighted by molar-refractivity contribution is 5.75. The van der Waals surface area contributed by atoms with E-state index in [1.807, 2.05) is 12.3 Å². The molecule has 1 N–H and O–H groups in total. The molecule has 5 heteroatoms. The van der Waals surface area contributed by atoms with Crippen molar-refractivity contribution in [2.24, 2.45) is 7.05 Å². The van der Waals surface area contributed by atoms with E-state index >= 15 is 0 Å². The summed E-state index contributed by atoms with van der Waals surface area (Å²) in [6.45, 7) is 3.82. The number of aromatic nitrogens is 3. The molecule has 3 heterocycles. The van der Waals surface area contributed by atoms with Crippen LogP contribution in [0.15, 0.2) is 42.6 Å². The van der Waals surface area contributed by atoms with E-state index in [0.717, 1.165) is 43.3 Å². The minimum atomic E-state index is 0.749. The number of para-hydroxylation sites is 2. The first kappa shape index (κ1) is 16.1. The molecule has 0 radical (unpaired) electrons. The van der Waals surface area contributed by atoms with Crippen LogP contribution < -0.4 is 10.2 Å². The molecule has 0 atom stereocenters. The van der Waals surface area contributed by atoms with Crippen LogP contribution in [0.4, 0.5) is 5.82 Å². The maximum atomic E-state index is 4.70. The lowest BCUT2D eigenvalue weighted by molar-refractivity contribution is 0.573. The van der Waals surface area contributed by atoms with Gasteiger partial charge in [-0.3, -0.25) is 0 Å². The number of hydrogen-bond donors (Lipinski definition) is 1. The van der Waals surface area contributed by atoms with Crippen molar-refractivity contribution in [3.8, 4) is 0 Å². The first-order chi connectivity index (χ1) is 12.3. The van der Waals surface area contributed by atoms with Crippen LogP contribution in [0.3, 0.4) is 0 Å². The maximum Gasteiger partial charge on any atom is 0.128 e. The van der Waals surface area contributed by atoms with Gasteiger partial charge in [-0.15, -0.1) is 0 Å². The molecule has 1 aliphatic heterocycles. The maximum absolute atomic E-state index is 4.70. The van der Waals surface area contributed by atoms with E-state index < -0.39 is 0 Å². The van der Waals surface area contributed by atoms with E-state index in [4.69, 9.17) is 4.98 Å². The van der Waals surface area contributed by atoms with Gasteiger partial charge in [-0.05, 0) is 43.0 Å². The number of imidazole rings is 1. The van der Waals surface area contributed by atoms with Crippen LogP contribution in [-0.2, 0) is 20.1 Å². The lowest BCUT2D eigenvalue weighted by Crippen LogP contribution is -2.30. The zero-order chi connectivity index (χ0) is 17.1. The highest BCUT2D eigenvalue weighted by atomic mass is 15.2. The molecule has 5 nitrogen and oxygen atoms in total. The minimum Gasteiger partial charge on any atom is -0.357 e. The Bertz CT molecular complexity index is 831. The molecule has 0 bridgehead atoms. The molecule has 0 amide bonds. The molecule has 1 aliphatic rings. The van der Waals surface area contributed by atoms with E-state index in [2.05, 4.69) is 57.1 Å². The molecule has 1 fully saturated rings. The predicted molar refractivity (Wildman–Crippen MR) is 102 cm³/mol. The number of hydrogen-bond acceptors (Lipinski definition) is 4. The predicted octanol–water partition coefficient (Wildman–Crippen LogP) is 3.25. The van der Waals surface area contributed by atoms with Crippen molar-refractivity contribution in [1.29, 1.82) is 0 Å². The summed E-state index contributed by atoms with van der Waals surface area (Å²) in [5, 5.41) is 3.48. The second-order valence-corrected chi connectivity index (χ2v) is 6.75. The topological polar surface area (TPSA) is 46.0 Å². The number of piperidine rings is 1. The lowest BCUT2D eigenvalue weighted by Gasteiger charge is -2.27. The summed E-state index contributed by atoms with van der Waals surface area (Å²) in [6, 6.07) is 12.6. The van der Waals surface area contributed by atoms with Gasteiger partial charge in [-0.1, -0.05) is 18.2 Å². The van der Waals surface area contributed by atoms with Crippen molar-refractivity contribution < 1.29 is 0 Å². The van der Waals surface area contributed by atoms with Gasteiger partial charge in [0.05, 0.1) is 17.6 Å². The Morgan fingerprint density at radius 2 is 1.84 bits per heavy atom. The highest BCUT2D eigenvalue weighted by Gasteiger charge is 2.11. The van der Waals surface area contributed by atoms with Crippen LogP contribution in [0.2, 0.25) is 0 Å². The fourth-order valence-corrected chi connectivity index (χ4v) is 3.50. The SMILES string of the molecule is Cn1c(CNCc2ccc(N3CCCCC3)nc2)nc2ccccc21. The average molecular weight is 335 g/mol. The monoisotopic (exact) mass is 335 g/mol. The molecule has 1 aromatic carbocycles. The normalized spacial score (nSPS) is 15.0. The van der Waals surface area contributed by atoms with E-state index in [1.54, 1.807) is 0 Å². The molecule has 130 valence electrons. The quantitative estimate of drug-likeness (QED) is 0.777. The Morgan fingerprint density at radius 1 is 1.00 bits per heavy atom. The number of nitrogens with zero attached hydrogens (tertiary/aromatic N) is 4. The third-order valence-corrected chi connectivity index (χ3v) is 4.98. The van der Waals surface area contributed by atoms with Gasteiger partial charge in [-0.25, -0.2) is 9.97 Å². The molecular weight excluding hydrogens is 310 g/mol. The highest BCUT2D eigenvalue weighted by Crippen LogP contribution is 2.18. The third kappa shape index (κ3) is 3.51. The number of pyridine rings is 1. The van der Waals surface area contributed by atoms with Crippen LogP contribution in [0.1, 0.15) is 30.7 Å². The van der Waals surface area contributed by atoms with E-state index in [1.165, 1.54) is 30.3 Å². The van der Waals surface area contributed by atoms with Crippen molar-refractivity contribution in [2.75, 3.05) is 18.0 Å². The van der Waals surface area contributed by atoms with Gasteiger partial charge >= 0.3 is 0 Å². The Kier molecular flexibility index (Phi) is 4.65. The van der Waals surface area contributed by atoms with E-state index in [0.29, 0.717) is 0 Å². The van der Waals surface area contributed by atoms with Gasteiger partial charge in [0.15, 0.2) is 0 Å². The number of fused-ring (bicyclic) bond motifs is 1. The van der Waals surface area contributed by atoms with Gasteiger partial charge in [0.1, 0.15) is 11.6 Å². The van der Waals surface area contributed by atoms with E-state index in [9.17, 15) is 0 Å². The van der Waals surface area contributed by atoms with Crippen molar-refractivity contribution >= 4 is 16.9 Å². The van der Waals surface area contributed by atoms with Crippen molar-refractivity contribution in [2.45, 2.75) is 32.4 Å². The number of anilines is 1. The number of nitrogens with one attached hydrogen (secondary N) is 1. The van der Waals surface area contributed by atoms with Crippen molar-refractivity contribution in [3.63, 3.8) is 0 Å². The summed E-state index contributed by atoms with van der Waals surface area (Å²) >= 11 is 0. The summed E-state index contributed by atoms with van der Waals surface area (Å²) in [4.78, 5) is 11.7. The van der Waals surface area contributed by atoms with Crippen molar-refractivity contribution in [1.82, 2.24) is 19.9 Å². The fourth-order valence-electron chi connectivity index (χ4n) is 3.50. The Balaban J connectivity index is 1.35. The van der Waals surface area contributed by atoms with Gasteiger partial charge in [0.2, 0.25) is 0 Å². The molecule has 4 rings (SSSR count). The summed E-state index contributed by atoms with van der Waals surface area (Å²) in [7, 11) is 2.07. The smallest absolute Gasteiger partial charge is 0.128 e. The second kappa shape index (κ2) is 7.23. The van der Waals surface area contributed by atoms with Crippen LogP contribution in [-0.4, -0.2) is 27.6 Å². The second-order valence-electron chi connectivity index (χ2n) is 6.75. The number of rotatable bonds is 5. The number of benzene rings is 1. The van der Waals surface area contributed by atoms with E-state index in [-0.39, 0.29) is 0 Å². The van der Waals surface area contributed by atoms with Crippen LogP contribution in [0, 0.1) is 0 Å². The standard InChI is InChI=1S/C20H25N5/c1-24-18-8-4-3-7-17(18)23-20(24)15-21-13-16-9-10-19(22-14-16)25-11-5-2-6-12-25/h3-4,7-10,14,21H,2,5-6,11-13,15H2,1H3. The fraction of sp³-hybridized carbons (Fsp3) is 0.400. The number of aryl methyl sites for hydroxylation is 1. The zero-order valence-corrected chi connectivity index (χ0v) is 14.8. The summed E-state index contributed by atoms with van der Waals surface area (Å²) in [6.07, 6.45) is 5.90. The molecule has 0 spiro atoms. The molecule has 2 aromatic heterocycles. The van der Waals surface area contributed by atoms with Gasteiger partial charge in [0, 0.05) is 32.9 Å². The summed E-state index contributed by atoms with van der Waals surface area (Å²) in [5.41, 5.74) is 3.43. The minimum absolute atomic E-state index is 0.749. The van der Waals surface area contributed by atoms with Gasteiger partial charge in [0.25, 0.3) is 0 Å². The molecular formula is C20H25N5. The largest absolute Gasteiger partial charge is 0.357 e. The molecule has 1 saturated heterocycles. The Hall–Kier alpha value is -2.40. The third-order valence-electron chi connectivity index (χ3n) is 4.98. The Labute approximate surface area is 148 Å². The summed E-state index contributed by atoms with van der Waals surface area (Å²) < 4.78 is 2.15. The summed E-state index contributed by atoms with van der Waals surface area (Å²) in [5.74, 6) is 2.16. The Morgan fingerprint density at radius 3 is 2.60 bits per heavy atom. The van der Waals surface area contributed by atoms with Crippen molar-refractivity contribution in [3.05, 3.63) is 54.0 Å². The average Bonchev–Trinajstić information content (AvgIpc) is 2.99. The zero-order valence-electron chi connectivity index (χ0n) is 14.8.